The quantitative estimate of drug-likeness (QED) is 0.899. The van der Waals surface area contributed by atoms with Crippen molar-refractivity contribution < 1.29 is 4.74 Å². The molecule has 0 amide bonds. The zero-order valence-corrected chi connectivity index (χ0v) is 11.9. The zero-order valence-electron chi connectivity index (χ0n) is 11.2. The molecule has 3 atom stereocenters. The Morgan fingerprint density at radius 2 is 2.17 bits per heavy atom. The van der Waals surface area contributed by atoms with Gasteiger partial charge in [-0.25, -0.2) is 0 Å². The van der Waals surface area contributed by atoms with Gasteiger partial charge in [-0.3, -0.25) is 0 Å². The van der Waals surface area contributed by atoms with Gasteiger partial charge in [0, 0.05) is 22.5 Å². The first kappa shape index (κ1) is 13.7. The summed E-state index contributed by atoms with van der Waals surface area (Å²) in [4.78, 5) is 0. The summed E-state index contributed by atoms with van der Waals surface area (Å²) >= 11 is 6.11. The molecule has 1 aliphatic rings. The predicted octanol–water partition coefficient (Wildman–Crippen LogP) is 3.97. The summed E-state index contributed by atoms with van der Waals surface area (Å²) in [5.41, 5.74) is 7.48. The number of ether oxygens (including phenoxy) is 1. The lowest BCUT2D eigenvalue weighted by Crippen LogP contribution is -2.34. The Hall–Kier alpha value is -0.730. The number of halogens is 1. The van der Waals surface area contributed by atoms with Gasteiger partial charge in [0.1, 0.15) is 5.75 Å². The molecule has 0 spiro atoms. The van der Waals surface area contributed by atoms with Crippen LogP contribution in [0.4, 0.5) is 0 Å². The normalized spacial score (nSPS) is 28.1. The minimum Gasteiger partial charge on any atom is -0.496 e. The van der Waals surface area contributed by atoms with Gasteiger partial charge in [0.2, 0.25) is 0 Å². The Labute approximate surface area is 114 Å². The minimum atomic E-state index is 0.222. The molecule has 1 fully saturated rings. The lowest BCUT2D eigenvalue weighted by molar-refractivity contribution is 0.277. The maximum Gasteiger partial charge on any atom is 0.122 e. The van der Waals surface area contributed by atoms with Crippen LogP contribution in [0.3, 0.4) is 0 Å². The number of methoxy groups -OCH3 is 1. The molecule has 2 rings (SSSR count). The first-order chi connectivity index (χ1) is 8.65. The summed E-state index contributed by atoms with van der Waals surface area (Å²) in [6, 6.07) is 6.05. The first-order valence-corrected chi connectivity index (χ1v) is 7.12. The van der Waals surface area contributed by atoms with Crippen molar-refractivity contribution in [2.24, 2.45) is 11.7 Å². The molecule has 1 aromatic rings. The van der Waals surface area contributed by atoms with E-state index in [9.17, 15) is 0 Å². The van der Waals surface area contributed by atoms with Crippen LogP contribution >= 0.6 is 11.6 Å². The first-order valence-electron chi connectivity index (χ1n) is 6.74. The van der Waals surface area contributed by atoms with Crippen LogP contribution < -0.4 is 10.5 Å². The number of hydrogen-bond acceptors (Lipinski definition) is 2. The lowest BCUT2D eigenvalue weighted by Gasteiger charge is -2.34. The molecule has 0 bridgehead atoms. The third-order valence-corrected chi connectivity index (χ3v) is 4.42. The molecule has 0 aliphatic heterocycles. The maximum atomic E-state index is 6.30. The molecule has 0 saturated heterocycles. The number of nitrogens with two attached hydrogens (primary N) is 1. The third-order valence-electron chi connectivity index (χ3n) is 4.18. The van der Waals surface area contributed by atoms with Gasteiger partial charge in [-0.2, -0.15) is 0 Å². The van der Waals surface area contributed by atoms with E-state index in [0.29, 0.717) is 5.92 Å². The van der Waals surface area contributed by atoms with Crippen LogP contribution in [-0.4, -0.2) is 13.2 Å². The van der Waals surface area contributed by atoms with E-state index in [1.165, 1.54) is 18.4 Å². The molecular weight excluding hydrogens is 246 g/mol. The topological polar surface area (TPSA) is 35.2 Å². The van der Waals surface area contributed by atoms with E-state index in [1.54, 1.807) is 7.11 Å². The van der Waals surface area contributed by atoms with Gasteiger partial charge >= 0.3 is 0 Å². The Bertz CT molecular complexity index is 407. The van der Waals surface area contributed by atoms with E-state index in [1.807, 2.05) is 18.2 Å². The summed E-state index contributed by atoms with van der Waals surface area (Å²) in [5, 5.41) is 0.761. The SMILES string of the molecule is CCC1CCC(N)C(c2cc(Cl)ccc2OC)C1. The number of benzene rings is 1. The van der Waals surface area contributed by atoms with E-state index in [4.69, 9.17) is 22.1 Å². The van der Waals surface area contributed by atoms with Gasteiger partial charge in [0.15, 0.2) is 0 Å². The maximum absolute atomic E-state index is 6.30. The highest BCUT2D eigenvalue weighted by Crippen LogP contribution is 2.41. The van der Waals surface area contributed by atoms with Crippen molar-refractivity contribution in [3.63, 3.8) is 0 Å². The smallest absolute Gasteiger partial charge is 0.122 e. The average Bonchev–Trinajstić information content (AvgIpc) is 2.39. The van der Waals surface area contributed by atoms with Crippen molar-refractivity contribution in [3.05, 3.63) is 28.8 Å². The summed E-state index contributed by atoms with van der Waals surface area (Å²) in [5.74, 6) is 2.06. The van der Waals surface area contributed by atoms with Crippen LogP contribution in [0.2, 0.25) is 5.02 Å². The number of hydrogen-bond donors (Lipinski definition) is 1. The highest BCUT2D eigenvalue weighted by Gasteiger charge is 2.30. The van der Waals surface area contributed by atoms with Crippen molar-refractivity contribution in [1.82, 2.24) is 0 Å². The van der Waals surface area contributed by atoms with Crippen LogP contribution in [-0.2, 0) is 0 Å². The highest BCUT2D eigenvalue weighted by molar-refractivity contribution is 6.30. The van der Waals surface area contributed by atoms with Gasteiger partial charge in [-0.15, -0.1) is 0 Å². The molecule has 0 heterocycles. The van der Waals surface area contributed by atoms with E-state index >= 15 is 0 Å². The molecule has 2 N–H and O–H groups in total. The summed E-state index contributed by atoms with van der Waals surface area (Å²) < 4.78 is 5.46. The monoisotopic (exact) mass is 267 g/mol. The fraction of sp³-hybridized carbons (Fsp3) is 0.600. The summed E-state index contributed by atoms with van der Waals surface area (Å²) in [6.45, 7) is 2.26. The van der Waals surface area contributed by atoms with E-state index < -0.39 is 0 Å². The Morgan fingerprint density at radius 3 is 2.83 bits per heavy atom. The molecule has 3 unspecified atom stereocenters. The molecule has 100 valence electrons. The van der Waals surface area contributed by atoms with Gasteiger partial charge in [0.05, 0.1) is 7.11 Å². The van der Waals surface area contributed by atoms with E-state index in [2.05, 4.69) is 6.92 Å². The van der Waals surface area contributed by atoms with E-state index in [-0.39, 0.29) is 6.04 Å². The van der Waals surface area contributed by atoms with Gasteiger partial charge < -0.3 is 10.5 Å². The summed E-state index contributed by atoms with van der Waals surface area (Å²) in [6.07, 6.45) is 4.72. The zero-order chi connectivity index (χ0) is 13.1. The molecule has 0 aromatic heterocycles. The fourth-order valence-corrected chi connectivity index (χ4v) is 3.19. The Kier molecular flexibility index (Phi) is 4.52. The van der Waals surface area contributed by atoms with Gasteiger partial charge in [-0.05, 0) is 43.4 Å². The largest absolute Gasteiger partial charge is 0.496 e. The molecule has 1 aromatic carbocycles. The van der Waals surface area contributed by atoms with Crippen molar-refractivity contribution in [2.75, 3.05) is 7.11 Å². The Morgan fingerprint density at radius 1 is 1.39 bits per heavy atom. The molecule has 18 heavy (non-hydrogen) atoms. The van der Waals surface area contributed by atoms with Crippen molar-refractivity contribution in [1.29, 1.82) is 0 Å². The van der Waals surface area contributed by atoms with Crippen LogP contribution in [0.5, 0.6) is 5.75 Å². The third kappa shape index (κ3) is 2.81. The van der Waals surface area contributed by atoms with Crippen LogP contribution in [0, 0.1) is 5.92 Å². The van der Waals surface area contributed by atoms with Crippen LogP contribution in [0.15, 0.2) is 18.2 Å². The molecule has 0 radical (unpaired) electrons. The van der Waals surface area contributed by atoms with Gasteiger partial charge in [0.25, 0.3) is 0 Å². The second-order valence-electron chi connectivity index (χ2n) is 5.24. The minimum absolute atomic E-state index is 0.222. The standard InChI is InChI=1S/C15H22ClNO/c1-3-10-4-6-14(17)12(8-10)13-9-11(16)5-7-15(13)18-2/h5,7,9-10,12,14H,3-4,6,8,17H2,1-2H3. The van der Waals surface area contributed by atoms with Crippen LogP contribution in [0.25, 0.3) is 0 Å². The highest BCUT2D eigenvalue weighted by atomic mass is 35.5. The second kappa shape index (κ2) is 5.94. The van der Waals surface area contributed by atoms with E-state index in [0.717, 1.165) is 29.5 Å². The molecule has 1 aliphatic carbocycles. The fourth-order valence-electron chi connectivity index (χ4n) is 3.00. The van der Waals surface area contributed by atoms with Crippen molar-refractivity contribution >= 4 is 11.6 Å². The molecule has 1 saturated carbocycles. The van der Waals surface area contributed by atoms with Crippen molar-refractivity contribution in [2.45, 2.75) is 44.6 Å². The average molecular weight is 268 g/mol. The number of rotatable bonds is 3. The van der Waals surface area contributed by atoms with Crippen molar-refractivity contribution in [3.8, 4) is 5.75 Å². The lowest BCUT2D eigenvalue weighted by atomic mass is 9.74. The molecule has 3 heteroatoms. The predicted molar refractivity (Wildman–Crippen MR) is 76.4 cm³/mol. The van der Waals surface area contributed by atoms with Crippen LogP contribution in [0.1, 0.15) is 44.1 Å². The Balaban J connectivity index is 2.30. The summed E-state index contributed by atoms with van der Waals surface area (Å²) in [7, 11) is 1.71. The second-order valence-corrected chi connectivity index (χ2v) is 5.68. The molecule has 2 nitrogen and oxygen atoms in total. The molecular formula is C15H22ClNO. The van der Waals surface area contributed by atoms with Gasteiger partial charge in [-0.1, -0.05) is 24.9 Å².